The van der Waals surface area contributed by atoms with E-state index in [1.165, 1.54) is 0 Å². The Hall–Kier alpha value is -2.63. The van der Waals surface area contributed by atoms with Gasteiger partial charge in [-0.1, -0.05) is 18.2 Å². The van der Waals surface area contributed by atoms with Gasteiger partial charge in [0, 0.05) is 12.5 Å². The van der Waals surface area contributed by atoms with Crippen LogP contribution in [0.1, 0.15) is 41.2 Å². The first-order valence-electron chi connectivity index (χ1n) is 7.30. The van der Waals surface area contributed by atoms with Crippen molar-refractivity contribution in [3.05, 3.63) is 47.8 Å². The lowest BCUT2D eigenvalue weighted by Crippen LogP contribution is -2.26. The van der Waals surface area contributed by atoms with Crippen LogP contribution in [0.3, 0.4) is 0 Å². The highest BCUT2D eigenvalue weighted by atomic mass is 16.4. The molecule has 3 rings (SSSR count). The first-order valence-corrected chi connectivity index (χ1v) is 7.30. The van der Waals surface area contributed by atoms with E-state index in [1.54, 1.807) is 6.20 Å². The fourth-order valence-corrected chi connectivity index (χ4v) is 2.44. The minimum absolute atomic E-state index is 0.0860. The Morgan fingerprint density at radius 1 is 1.27 bits per heavy atom. The smallest absolute Gasteiger partial charge is 0.305 e. The minimum atomic E-state index is -0.928. The summed E-state index contributed by atoms with van der Waals surface area (Å²) < 4.78 is 1.81. The van der Waals surface area contributed by atoms with Gasteiger partial charge in [-0.05, 0) is 25.0 Å². The van der Waals surface area contributed by atoms with E-state index in [9.17, 15) is 9.59 Å². The molecule has 0 bridgehead atoms. The molecule has 0 radical (unpaired) electrons. The fraction of sp³-hybridized carbons (Fsp3) is 0.312. The summed E-state index contributed by atoms with van der Waals surface area (Å²) in [5, 5.41) is 15.6. The summed E-state index contributed by atoms with van der Waals surface area (Å²) >= 11 is 0. The van der Waals surface area contributed by atoms with E-state index in [0.717, 1.165) is 24.2 Å². The monoisotopic (exact) mass is 299 g/mol. The molecule has 114 valence electrons. The van der Waals surface area contributed by atoms with Gasteiger partial charge in [0.05, 0.1) is 29.6 Å². The Labute approximate surface area is 127 Å². The van der Waals surface area contributed by atoms with Crippen LogP contribution in [0.4, 0.5) is 0 Å². The highest BCUT2D eigenvalue weighted by Gasteiger charge is 2.32. The Morgan fingerprint density at radius 2 is 2.00 bits per heavy atom. The number of carbonyl (C=O) groups is 2. The molecule has 1 amide bonds. The molecule has 1 aromatic heterocycles. The zero-order valence-electron chi connectivity index (χ0n) is 12.0. The first kappa shape index (κ1) is 14.3. The van der Waals surface area contributed by atoms with Gasteiger partial charge in [-0.15, -0.1) is 0 Å². The molecule has 1 aliphatic rings. The van der Waals surface area contributed by atoms with Crippen LogP contribution in [0.25, 0.3) is 5.69 Å². The van der Waals surface area contributed by atoms with Crippen LogP contribution in [0.2, 0.25) is 0 Å². The molecule has 2 aromatic rings. The standard InChI is InChI=1S/C16H17N3O3/c20-14(21)8-9-17-16(22)13-10-18-19(15(13)11-6-7-11)12-4-2-1-3-5-12/h1-5,10-11H,6-9H2,(H,17,22)(H,20,21). The quantitative estimate of drug-likeness (QED) is 0.854. The summed E-state index contributed by atoms with van der Waals surface area (Å²) in [4.78, 5) is 22.8. The number of hydrogen-bond acceptors (Lipinski definition) is 3. The third kappa shape index (κ3) is 3.00. The molecule has 1 saturated carbocycles. The van der Waals surface area contributed by atoms with Crippen molar-refractivity contribution >= 4 is 11.9 Å². The van der Waals surface area contributed by atoms with Crippen molar-refractivity contribution in [1.82, 2.24) is 15.1 Å². The van der Waals surface area contributed by atoms with Gasteiger partial charge in [0.2, 0.25) is 0 Å². The van der Waals surface area contributed by atoms with Gasteiger partial charge in [-0.3, -0.25) is 9.59 Å². The molecule has 0 saturated heterocycles. The van der Waals surface area contributed by atoms with Crippen molar-refractivity contribution in [3.8, 4) is 5.69 Å². The van der Waals surface area contributed by atoms with E-state index in [2.05, 4.69) is 10.4 Å². The molecule has 0 spiro atoms. The van der Waals surface area contributed by atoms with E-state index >= 15 is 0 Å². The third-order valence-corrected chi connectivity index (χ3v) is 3.64. The van der Waals surface area contributed by atoms with E-state index in [0.29, 0.717) is 11.5 Å². The Morgan fingerprint density at radius 3 is 2.64 bits per heavy atom. The molecule has 0 aliphatic heterocycles. The van der Waals surface area contributed by atoms with Crippen molar-refractivity contribution in [3.63, 3.8) is 0 Å². The highest BCUT2D eigenvalue weighted by Crippen LogP contribution is 2.42. The Bertz CT molecular complexity index is 690. The third-order valence-electron chi connectivity index (χ3n) is 3.64. The van der Waals surface area contributed by atoms with Crippen LogP contribution in [-0.4, -0.2) is 33.3 Å². The lowest BCUT2D eigenvalue weighted by Gasteiger charge is -2.09. The van der Waals surface area contributed by atoms with Crippen LogP contribution in [-0.2, 0) is 4.79 Å². The van der Waals surface area contributed by atoms with Gasteiger partial charge < -0.3 is 10.4 Å². The topological polar surface area (TPSA) is 84.2 Å². The van der Waals surface area contributed by atoms with E-state index < -0.39 is 5.97 Å². The largest absolute Gasteiger partial charge is 0.481 e. The number of hydrogen-bond donors (Lipinski definition) is 2. The number of nitrogens with zero attached hydrogens (tertiary/aromatic N) is 2. The predicted octanol–water partition coefficient (Wildman–Crippen LogP) is 1.95. The number of para-hydroxylation sites is 1. The molecular formula is C16H17N3O3. The van der Waals surface area contributed by atoms with Gasteiger partial charge >= 0.3 is 5.97 Å². The van der Waals surface area contributed by atoms with Gasteiger partial charge in [-0.2, -0.15) is 5.10 Å². The van der Waals surface area contributed by atoms with E-state index in [1.807, 2.05) is 35.0 Å². The number of carboxylic acid groups (broad SMARTS) is 1. The van der Waals surface area contributed by atoms with Gasteiger partial charge in [0.15, 0.2) is 0 Å². The maximum absolute atomic E-state index is 12.3. The van der Waals surface area contributed by atoms with E-state index in [4.69, 9.17) is 5.11 Å². The second kappa shape index (κ2) is 6.01. The van der Waals surface area contributed by atoms with Crippen molar-refractivity contribution in [2.24, 2.45) is 0 Å². The maximum Gasteiger partial charge on any atom is 0.305 e. The number of amides is 1. The lowest BCUT2D eigenvalue weighted by molar-refractivity contribution is -0.136. The molecule has 1 fully saturated rings. The average molecular weight is 299 g/mol. The number of benzene rings is 1. The number of nitrogens with one attached hydrogen (secondary N) is 1. The van der Waals surface area contributed by atoms with Crippen molar-refractivity contribution in [2.75, 3.05) is 6.54 Å². The Kier molecular flexibility index (Phi) is 3.91. The lowest BCUT2D eigenvalue weighted by atomic mass is 10.1. The normalized spacial score (nSPS) is 13.8. The van der Waals surface area contributed by atoms with Crippen molar-refractivity contribution < 1.29 is 14.7 Å². The second-order valence-electron chi connectivity index (χ2n) is 5.36. The number of aliphatic carboxylic acids is 1. The molecule has 0 unspecified atom stereocenters. The van der Waals surface area contributed by atoms with Crippen LogP contribution in [0, 0.1) is 0 Å². The summed E-state index contributed by atoms with van der Waals surface area (Å²) in [6.07, 6.45) is 3.58. The summed E-state index contributed by atoms with van der Waals surface area (Å²) in [6, 6.07) is 9.69. The number of carboxylic acids is 1. The van der Waals surface area contributed by atoms with Crippen LogP contribution < -0.4 is 5.32 Å². The van der Waals surface area contributed by atoms with Crippen molar-refractivity contribution in [2.45, 2.75) is 25.2 Å². The van der Waals surface area contributed by atoms with E-state index in [-0.39, 0.29) is 18.9 Å². The summed E-state index contributed by atoms with van der Waals surface area (Å²) in [5.74, 6) is -0.837. The average Bonchev–Trinajstić information content (AvgIpc) is 3.25. The van der Waals surface area contributed by atoms with Crippen LogP contribution in [0.15, 0.2) is 36.5 Å². The SMILES string of the molecule is O=C(O)CCNC(=O)c1cnn(-c2ccccc2)c1C1CC1. The minimum Gasteiger partial charge on any atom is -0.481 e. The van der Waals surface area contributed by atoms with Gasteiger partial charge in [-0.25, -0.2) is 4.68 Å². The highest BCUT2D eigenvalue weighted by molar-refractivity contribution is 5.95. The second-order valence-corrected chi connectivity index (χ2v) is 5.36. The molecule has 6 heteroatoms. The zero-order valence-corrected chi connectivity index (χ0v) is 12.0. The molecular weight excluding hydrogens is 282 g/mol. The van der Waals surface area contributed by atoms with Gasteiger partial charge in [0.25, 0.3) is 5.91 Å². The van der Waals surface area contributed by atoms with Crippen LogP contribution in [0.5, 0.6) is 0 Å². The molecule has 1 aliphatic carbocycles. The molecule has 2 N–H and O–H groups in total. The number of carbonyl (C=O) groups excluding carboxylic acids is 1. The Balaban J connectivity index is 1.84. The number of rotatable bonds is 6. The summed E-state index contributed by atoms with van der Waals surface area (Å²) in [7, 11) is 0. The molecule has 0 atom stereocenters. The summed E-state index contributed by atoms with van der Waals surface area (Å²) in [6.45, 7) is 0.120. The van der Waals surface area contributed by atoms with Crippen molar-refractivity contribution in [1.29, 1.82) is 0 Å². The van der Waals surface area contributed by atoms with Gasteiger partial charge in [0.1, 0.15) is 0 Å². The molecule has 6 nitrogen and oxygen atoms in total. The predicted molar refractivity (Wildman–Crippen MR) is 80.1 cm³/mol. The fourth-order valence-electron chi connectivity index (χ4n) is 2.44. The summed E-state index contributed by atoms with van der Waals surface area (Å²) in [5.41, 5.74) is 2.38. The molecule has 22 heavy (non-hydrogen) atoms. The number of aromatic nitrogens is 2. The zero-order chi connectivity index (χ0) is 15.5. The first-order chi connectivity index (χ1) is 10.7. The molecule has 1 aromatic carbocycles. The molecule has 1 heterocycles. The van der Waals surface area contributed by atoms with Crippen LogP contribution >= 0.6 is 0 Å². The maximum atomic E-state index is 12.3.